The van der Waals surface area contributed by atoms with Gasteiger partial charge in [-0.3, -0.25) is 9.59 Å². The number of halogens is 3. The summed E-state index contributed by atoms with van der Waals surface area (Å²) >= 11 is 0. The molecule has 4 bridgehead atoms. The van der Waals surface area contributed by atoms with Gasteiger partial charge >= 0.3 is 18.1 Å². The van der Waals surface area contributed by atoms with Gasteiger partial charge in [0, 0.05) is 17.9 Å². The number of hydrogen-bond acceptors (Lipinski definition) is 4. The average Bonchev–Trinajstić information content (AvgIpc) is 2.98. The molecule has 2 amide bonds. The molecule has 6 fully saturated rings. The van der Waals surface area contributed by atoms with Crippen molar-refractivity contribution >= 4 is 17.8 Å². The molecule has 0 radical (unpaired) electrons. The first kappa shape index (κ1) is 22.0. The second kappa shape index (κ2) is 6.39. The number of nitrogens with one attached hydrogen (secondary N) is 1. The van der Waals surface area contributed by atoms with Crippen LogP contribution < -0.4 is 5.32 Å². The van der Waals surface area contributed by atoms with E-state index in [9.17, 15) is 37.8 Å². The lowest BCUT2D eigenvalue weighted by Crippen LogP contribution is -2.67. The number of alkyl halides is 3. The Bertz CT molecular complexity index is 873. The summed E-state index contributed by atoms with van der Waals surface area (Å²) in [5.41, 5.74) is -2.30. The Morgan fingerprint density at radius 1 is 1.09 bits per heavy atom. The van der Waals surface area contributed by atoms with Gasteiger partial charge in [0.15, 0.2) is 0 Å². The minimum absolute atomic E-state index is 0.0351. The van der Waals surface area contributed by atoms with E-state index in [4.69, 9.17) is 0 Å². The van der Waals surface area contributed by atoms with Crippen LogP contribution in [0.4, 0.5) is 13.2 Å². The Morgan fingerprint density at radius 2 is 1.69 bits per heavy atom. The van der Waals surface area contributed by atoms with Crippen LogP contribution in [0.2, 0.25) is 0 Å². The molecule has 0 aromatic rings. The molecule has 5 aliphatic carbocycles. The molecule has 10 heteroatoms. The largest absolute Gasteiger partial charge is 0.480 e. The number of amides is 2. The third-order valence-electron chi connectivity index (χ3n) is 9.21. The van der Waals surface area contributed by atoms with E-state index >= 15 is 0 Å². The molecule has 6 rings (SSSR count). The summed E-state index contributed by atoms with van der Waals surface area (Å²) in [6, 6.07) is -2.62. The summed E-state index contributed by atoms with van der Waals surface area (Å²) in [5.74, 6) is -4.27. The molecule has 1 saturated heterocycles. The van der Waals surface area contributed by atoms with Crippen molar-refractivity contribution in [3.8, 4) is 0 Å². The summed E-state index contributed by atoms with van der Waals surface area (Å²) in [5, 5.41) is 22.8. The summed E-state index contributed by atoms with van der Waals surface area (Å²) in [6.45, 7) is 4.01. The molecule has 6 atom stereocenters. The van der Waals surface area contributed by atoms with Crippen molar-refractivity contribution in [1.82, 2.24) is 10.2 Å². The fraction of sp³-hybridized carbons (Fsp3) is 0.864. The van der Waals surface area contributed by atoms with Crippen molar-refractivity contribution in [2.24, 2.45) is 34.5 Å². The number of fused-ring (bicyclic) bond motifs is 1. The second-order valence-corrected chi connectivity index (χ2v) is 11.7. The zero-order valence-electron chi connectivity index (χ0n) is 18.1. The van der Waals surface area contributed by atoms with Gasteiger partial charge in [-0.25, -0.2) is 4.79 Å². The lowest BCUT2D eigenvalue weighted by molar-refractivity contribution is -0.191. The third-order valence-corrected chi connectivity index (χ3v) is 9.21. The fourth-order valence-corrected chi connectivity index (χ4v) is 8.27. The number of rotatable bonds is 4. The van der Waals surface area contributed by atoms with Crippen molar-refractivity contribution < 1.29 is 37.8 Å². The molecule has 178 valence electrons. The number of carbonyl (C=O) groups is 3. The Balaban J connectivity index is 1.49. The van der Waals surface area contributed by atoms with Crippen LogP contribution in [-0.2, 0) is 14.4 Å². The van der Waals surface area contributed by atoms with Gasteiger partial charge < -0.3 is 20.4 Å². The van der Waals surface area contributed by atoms with Gasteiger partial charge in [0.25, 0.3) is 0 Å². The van der Waals surface area contributed by atoms with Crippen LogP contribution in [0.5, 0.6) is 0 Å². The molecular weight excluding hydrogens is 429 g/mol. The number of carboxylic acids is 1. The number of carboxylic acid groups (broad SMARTS) is 1. The number of likely N-dealkylation sites (tertiary alicyclic amines) is 1. The number of carbonyl (C=O) groups excluding carboxylic acids is 2. The zero-order chi connectivity index (χ0) is 23.4. The molecule has 1 heterocycles. The van der Waals surface area contributed by atoms with Crippen molar-refractivity contribution in [3.63, 3.8) is 0 Å². The molecule has 0 aromatic heterocycles. The third kappa shape index (κ3) is 3.08. The van der Waals surface area contributed by atoms with Crippen LogP contribution in [-0.4, -0.2) is 63.3 Å². The van der Waals surface area contributed by atoms with Crippen molar-refractivity contribution in [3.05, 3.63) is 0 Å². The Kier molecular flexibility index (Phi) is 4.39. The maximum Gasteiger partial charge on any atom is 0.471 e. The molecular formula is C22H29F3N2O5. The predicted octanol–water partition coefficient (Wildman–Crippen LogP) is 1.93. The van der Waals surface area contributed by atoms with Crippen LogP contribution in [0.1, 0.15) is 52.4 Å². The smallest absolute Gasteiger partial charge is 0.471 e. The molecule has 3 N–H and O–H groups in total. The van der Waals surface area contributed by atoms with E-state index in [0.717, 1.165) is 6.42 Å². The van der Waals surface area contributed by atoms with Crippen molar-refractivity contribution in [2.45, 2.75) is 76.2 Å². The Labute approximate surface area is 183 Å². The van der Waals surface area contributed by atoms with Gasteiger partial charge in [-0.2, -0.15) is 13.2 Å². The first-order valence-electron chi connectivity index (χ1n) is 11.3. The lowest BCUT2D eigenvalue weighted by atomic mass is 9.46. The minimum Gasteiger partial charge on any atom is -0.480 e. The molecule has 2 unspecified atom stereocenters. The van der Waals surface area contributed by atoms with E-state index < -0.39 is 47.1 Å². The summed E-state index contributed by atoms with van der Waals surface area (Å²) in [6.07, 6.45) is -2.16. The fourth-order valence-electron chi connectivity index (χ4n) is 8.27. The normalized spacial score (nSPS) is 44.2. The topological polar surface area (TPSA) is 107 Å². The highest BCUT2D eigenvalue weighted by molar-refractivity contribution is 5.93. The van der Waals surface area contributed by atoms with Gasteiger partial charge in [0.05, 0.1) is 5.60 Å². The van der Waals surface area contributed by atoms with E-state index in [2.05, 4.69) is 0 Å². The van der Waals surface area contributed by atoms with Gasteiger partial charge in [-0.1, -0.05) is 13.8 Å². The molecule has 7 nitrogen and oxygen atoms in total. The van der Waals surface area contributed by atoms with E-state index in [1.165, 1.54) is 4.90 Å². The number of nitrogens with zero attached hydrogens (tertiary/aromatic N) is 1. The maximum absolute atomic E-state index is 13.7. The first-order valence-corrected chi connectivity index (χ1v) is 11.3. The maximum atomic E-state index is 13.7. The van der Waals surface area contributed by atoms with E-state index in [0.29, 0.717) is 25.7 Å². The molecule has 0 spiro atoms. The summed E-state index contributed by atoms with van der Waals surface area (Å²) in [7, 11) is 0. The summed E-state index contributed by atoms with van der Waals surface area (Å²) < 4.78 is 39.6. The molecule has 6 aliphatic rings. The molecule has 0 aromatic carbocycles. The van der Waals surface area contributed by atoms with E-state index in [-0.39, 0.29) is 42.1 Å². The van der Waals surface area contributed by atoms with Crippen LogP contribution in [0.3, 0.4) is 0 Å². The number of piperidine rings is 1. The van der Waals surface area contributed by atoms with E-state index in [1.54, 1.807) is 0 Å². The highest BCUT2D eigenvalue weighted by atomic mass is 19.4. The quantitative estimate of drug-likeness (QED) is 0.597. The first-order chi connectivity index (χ1) is 14.7. The van der Waals surface area contributed by atoms with Crippen molar-refractivity contribution in [1.29, 1.82) is 0 Å². The SMILES string of the molecule is CC1(C)[C@@H]2[C@@H](C(=O)O)N(C(=O)[C@@H](NC(=O)C(F)(F)F)C34CC5CC(CC(O)(C5)C3)C4)C[C@@H]21. The van der Waals surface area contributed by atoms with E-state index in [1.807, 2.05) is 19.2 Å². The predicted molar refractivity (Wildman–Crippen MR) is 104 cm³/mol. The minimum atomic E-state index is -5.17. The zero-order valence-corrected chi connectivity index (χ0v) is 18.1. The summed E-state index contributed by atoms with van der Waals surface area (Å²) in [4.78, 5) is 38.9. The Morgan fingerprint density at radius 3 is 2.19 bits per heavy atom. The number of hydrogen-bond donors (Lipinski definition) is 3. The van der Waals surface area contributed by atoms with Gasteiger partial charge in [0.1, 0.15) is 12.1 Å². The van der Waals surface area contributed by atoms with Gasteiger partial charge in [-0.15, -0.1) is 0 Å². The van der Waals surface area contributed by atoms with Crippen LogP contribution in [0.15, 0.2) is 0 Å². The van der Waals surface area contributed by atoms with Crippen molar-refractivity contribution in [2.75, 3.05) is 6.54 Å². The molecule has 1 aliphatic heterocycles. The molecule has 32 heavy (non-hydrogen) atoms. The van der Waals surface area contributed by atoms with Crippen LogP contribution in [0.25, 0.3) is 0 Å². The number of aliphatic carboxylic acids is 1. The van der Waals surface area contributed by atoms with Gasteiger partial charge in [-0.05, 0) is 61.7 Å². The second-order valence-electron chi connectivity index (χ2n) is 11.7. The highest BCUT2D eigenvalue weighted by Crippen LogP contribution is 2.66. The Hall–Kier alpha value is -1.84. The standard InChI is InChI=1S/C22H29F3N2O5/c1-19(2)12-8-27(14(13(12)19)17(29)30)16(28)15(26-18(31)22(23,24)25)20-4-10-3-11(5-20)7-21(32,6-10)9-20/h10-15,32H,3-9H2,1-2H3,(H,26,31)(H,29,30)/t10?,11?,12-,13-,14-,15+,20?,21?/m0/s1. The monoisotopic (exact) mass is 458 g/mol. The molecule has 5 saturated carbocycles. The highest BCUT2D eigenvalue weighted by Gasteiger charge is 2.71. The van der Waals surface area contributed by atoms with Gasteiger partial charge in [0.2, 0.25) is 5.91 Å². The van der Waals surface area contributed by atoms with Crippen LogP contribution >= 0.6 is 0 Å². The number of aliphatic hydroxyl groups is 1. The lowest BCUT2D eigenvalue weighted by Gasteiger charge is -2.62. The average molecular weight is 458 g/mol. The van der Waals surface area contributed by atoms with Crippen LogP contribution in [0, 0.1) is 34.5 Å².